The number of aromatic nitrogens is 3. The lowest BCUT2D eigenvalue weighted by molar-refractivity contribution is -0.120. The molecule has 2 aromatic heterocycles. The molecule has 162 valence electrons. The molecule has 8 nitrogen and oxygen atoms in total. The highest BCUT2D eigenvalue weighted by Gasteiger charge is 2.27. The van der Waals surface area contributed by atoms with E-state index in [1.54, 1.807) is 34.2 Å². The zero-order valence-corrected chi connectivity index (χ0v) is 18.9. The highest BCUT2D eigenvalue weighted by atomic mass is 32.1. The summed E-state index contributed by atoms with van der Waals surface area (Å²) in [4.78, 5) is 25.5. The van der Waals surface area contributed by atoms with Gasteiger partial charge in [0.25, 0.3) is 0 Å². The Bertz CT molecular complexity index is 1070. The molecular formula is C22H27N7OS. The minimum Gasteiger partial charge on any atom is -0.356 e. The smallest absolute Gasteiger partial charge is 0.246 e. The first-order valence-corrected chi connectivity index (χ1v) is 11.2. The average Bonchev–Trinajstić information content (AvgIpc) is 3.41. The summed E-state index contributed by atoms with van der Waals surface area (Å²) < 4.78 is 1.71. The molecule has 1 saturated heterocycles. The van der Waals surface area contributed by atoms with Gasteiger partial charge in [-0.15, -0.1) is 11.3 Å². The Morgan fingerprint density at radius 1 is 1.26 bits per heavy atom. The van der Waals surface area contributed by atoms with Crippen LogP contribution in [0.1, 0.15) is 11.3 Å². The predicted molar refractivity (Wildman–Crippen MR) is 124 cm³/mol. The van der Waals surface area contributed by atoms with Gasteiger partial charge in [0.05, 0.1) is 17.6 Å². The van der Waals surface area contributed by atoms with E-state index in [9.17, 15) is 4.79 Å². The van der Waals surface area contributed by atoms with Crippen molar-refractivity contribution >= 4 is 28.9 Å². The molecule has 0 unspecified atom stereocenters. The Labute approximate surface area is 186 Å². The number of rotatable bonds is 5. The average molecular weight is 438 g/mol. The molecule has 1 aromatic carbocycles. The summed E-state index contributed by atoms with van der Waals surface area (Å²) in [6.45, 7) is 4.41. The lowest BCUT2D eigenvalue weighted by Gasteiger charge is -2.35. The van der Waals surface area contributed by atoms with Crippen molar-refractivity contribution in [3.63, 3.8) is 0 Å². The van der Waals surface area contributed by atoms with Crippen molar-refractivity contribution < 1.29 is 4.79 Å². The van der Waals surface area contributed by atoms with Crippen molar-refractivity contribution in [1.29, 1.82) is 0 Å². The van der Waals surface area contributed by atoms with Crippen molar-refractivity contribution in [2.24, 2.45) is 12.0 Å². The molecule has 1 aliphatic heterocycles. The van der Waals surface area contributed by atoms with Gasteiger partial charge in [-0.05, 0) is 6.92 Å². The number of guanidine groups is 1. The summed E-state index contributed by atoms with van der Waals surface area (Å²) in [5, 5.41) is 10.7. The standard InChI is InChI=1S/C22H27N7OS/c1-16-4-6-17(7-5-16)21-26-18(15-31-21)8-9-24-22(23-2)28-10-11-29(20(30)14-28)19-12-25-27(3)13-19/h4-7,12-13,15H,8-11,14H2,1-3H3,(H,23,24). The number of amides is 1. The maximum Gasteiger partial charge on any atom is 0.246 e. The largest absolute Gasteiger partial charge is 0.356 e. The number of nitrogens with one attached hydrogen (secondary N) is 1. The second kappa shape index (κ2) is 9.30. The quantitative estimate of drug-likeness (QED) is 0.490. The molecular weight excluding hydrogens is 410 g/mol. The molecule has 0 spiro atoms. The van der Waals surface area contributed by atoms with Gasteiger partial charge in [-0.3, -0.25) is 14.5 Å². The molecule has 3 aromatic rings. The first-order valence-electron chi connectivity index (χ1n) is 10.3. The molecule has 9 heteroatoms. The Hall–Kier alpha value is -3.20. The number of benzene rings is 1. The zero-order chi connectivity index (χ0) is 21.8. The van der Waals surface area contributed by atoms with Gasteiger partial charge >= 0.3 is 0 Å². The van der Waals surface area contributed by atoms with Crippen LogP contribution in [0, 0.1) is 6.92 Å². The first kappa shape index (κ1) is 21.0. The van der Waals surface area contributed by atoms with Gasteiger partial charge in [0.1, 0.15) is 11.6 Å². The molecule has 0 saturated carbocycles. The van der Waals surface area contributed by atoms with Crippen molar-refractivity contribution in [2.45, 2.75) is 13.3 Å². The van der Waals surface area contributed by atoms with Crippen molar-refractivity contribution in [2.75, 3.05) is 38.1 Å². The summed E-state index contributed by atoms with van der Waals surface area (Å²) in [5.74, 6) is 0.789. The normalized spacial score (nSPS) is 14.9. The fraction of sp³-hybridized carbons (Fsp3) is 0.364. The number of anilines is 1. The third-order valence-electron chi connectivity index (χ3n) is 5.25. The molecule has 0 radical (unpaired) electrons. The van der Waals surface area contributed by atoms with E-state index < -0.39 is 0 Å². The molecule has 0 aliphatic carbocycles. The highest BCUT2D eigenvalue weighted by molar-refractivity contribution is 7.13. The van der Waals surface area contributed by atoms with E-state index in [-0.39, 0.29) is 5.91 Å². The Kier molecular flexibility index (Phi) is 6.31. The molecule has 0 atom stereocenters. The molecule has 1 N–H and O–H groups in total. The molecule has 31 heavy (non-hydrogen) atoms. The van der Waals surface area contributed by atoms with Crippen LogP contribution in [0.5, 0.6) is 0 Å². The third-order valence-corrected chi connectivity index (χ3v) is 6.19. The number of hydrogen-bond donors (Lipinski definition) is 1. The minimum atomic E-state index is 0.0458. The molecule has 1 aliphatic rings. The summed E-state index contributed by atoms with van der Waals surface area (Å²) in [6, 6.07) is 8.44. The van der Waals surface area contributed by atoms with Crippen LogP contribution in [0.25, 0.3) is 10.6 Å². The fourth-order valence-electron chi connectivity index (χ4n) is 3.56. The van der Waals surface area contributed by atoms with E-state index in [2.05, 4.69) is 52.0 Å². The van der Waals surface area contributed by atoms with Crippen molar-refractivity contribution in [3.05, 3.63) is 53.3 Å². The molecule has 1 fully saturated rings. The minimum absolute atomic E-state index is 0.0458. The lowest BCUT2D eigenvalue weighted by atomic mass is 10.2. The molecule has 1 amide bonds. The van der Waals surface area contributed by atoms with E-state index in [0.29, 0.717) is 26.2 Å². The van der Waals surface area contributed by atoms with E-state index in [4.69, 9.17) is 4.98 Å². The number of carbonyl (C=O) groups is 1. The Balaban J connectivity index is 1.29. The predicted octanol–water partition coefficient (Wildman–Crippen LogP) is 2.32. The monoisotopic (exact) mass is 437 g/mol. The second-order valence-corrected chi connectivity index (χ2v) is 8.43. The van der Waals surface area contributed by atoms with Crippen LogP contribution in [0.4, 0.5) is 5.69 Å². The van der Waals surface area contributed by atoms with Crippen LogP contribution in [0.15, 0.2) is 47.0 Å². The fourth-order valence-corrected chi connectivity index (χ4v) is 4.42. The van der Waals surface area contributed by atoms with Crippen LogP contribution in [-0.2, 0) is 18.3 Å². The number of aryl methyl sites for hydroxylation is 2. The lowest BCUT2D eigenvalue weighted by Crippen LogP contribution is -2.55. The number of hydrogen-bond acceptors (Lipinski definition) is 5. The van der Waals surface area contributed by atoms with Crippen LogP contribution in [-0.4, -0.2) is 64.8 Å². The van der Waals surface area contributed by atoms with Crippen LogP contribution in [0.3, 0.4) is 0 Å². The Morgan fingerprint density at radius 3 is 2.74 bits per heavy atom. The van der Waals surface area contributed by atoms with Gasteiger partial charge in [0, 0.05) is 57.3 Å². The summed E-state index contributed by atoms with van der Waals surface area (Å²) >= 11 is 1.66. The maximum atomic E-state index is 12.6. The topological polar surface area (TPSA) is 78.7 Å². The van der Waals surface area contributed by atoms with E-state index in [1.165, 1.54) is 5.56 Å². The van der Waals surface area contributed by atoms with Crippen molar-refractivity contribution in [1.82, 2.24) is 25.0 Å². The van der Waals surface area contributed by atoms with Crippen LogP contribution in [0.2, 0.25) is 0 Å². The van der Waals surface area contributed by atoms with Gasteiger partial charge in [-0.2, -0.15) is 5.10 Å². The molecule has 3 heterocycles. The summed E-state index contributed by atoms with van der Waals surface area (Å²) in [6.07, 6.45) is 4.38. The number of thiazole rings is 1. The molecule has 4 rings (SSSR count). The number of aliphatic imine (C=N–C) groups is 1. The Morgan fingerprint density at radius 2 is 2.06 bits per heavy atom. The number of piperazine rings is 1. The van der Waals surface area contributed by atoms with Crippen LogP contribution >= 0.6 is 11.3 Å². The number of carbonyl (C=O) groups excluding carboxylic acids is 1. The first-order chi connectivity index (χ1) is 15.0. The third kappa shape index (κ3) is 4.93. The van der Waals surface area contributed by atoms with Gasteiger partial charge in [0.2, 0.25) is 5.91 Å². The highest BCUT2D eigenvalue weighted by Crippen LogP contribution is 2.24. The number of nitrogens with zero attached hydrogens (tertiary/aromatic N) is 6. The van der Waals surface area contributed by atoms with E-state index in [0.717, 1.165) is 34.3 Å². The van der Waals surface area contributed by atoms with Gasteiger partial charge in [-0.1, -0.05) is 29.8 Å². The maximum absolute atomic E-state index is 12.6. The van der Waals surface area contributed by atoms with E-state index >= 15 is 0 Å². The van der Waals surface area contributed by atoms with Crippen LogP contribution < -0.4 is 10.2 Å². The summed E-state index contributed by atoms with van der Waals surface area (Å²) in [7, 11) is 3.60. The van der Waals surface area contributed by atoms with Gasteiger partial charge < -0.3 is 15.1 Å². The SMILES string of the molecule is CN=C(NCCc1csc(-c2ccc(C)cc2)n1)N1CCN(c2cnn(C)c2)C(=O)C1. The second-order valence-electron chi connectivity index (χ2n) is 7.57. The molecule has 0 bridgehead atoms. The van der Waals surface area contributed by atoms with Gasteiger partial charge in [0.15, 0.2) is 5.96 Å². The van der Waals surface area contributed by atoms with E-state index in [1.807, 2.05) is 18.1 Å². The van der Waals surface area contributed by atoms with Crippen molar-refractivity contribution in [3.8, 4) is 10.6 Å². The zero-order valence-electron chi connectivity index (χ0n) is 18.1. The summed E-state index contributed by atoms with van der Waals surface area (Å²) in [5.41, 5.74) is 4.29. The van der Waals surface area contributed by atoms with Gasteiger partial charge in [-0.25, -0.2) is 4.98 Å².